The lowest BCUT2D eigenvalue weighted by Gasteiger charge is -2.37. The van der Waals surface area contributed by atoms with Crippen molar-refractivity contribution < 1.29 is 19.4 Å². The Hall–Kier alpha value is -3.26. The highest BCUT2D eigenvalue weighted by molar-refractivity contribution is 5.97. The maximum Gasteiger partial charge on any atom is 0.259 e. The Labute approximate surface area is 194 Å². The van der Waals surface area contributed by atoms with E-state index in [4.69, 9.17) is 4.74 Å². The highest BCUT2D eigenvalue weighted by atomic mass is 16.5. The zero-order chi connectivity index (χ0) is 24.0. The molecule has 0 aliphatic carbocycles. The van der Waals surface area contributed by atoms with Crippen LogP contribution in [0.4, 0.5) is 0 Å². The number of carbonyl (C=O) groups is 2. The maximum absolute atomic E-state index is 13.3. The number of aromatic nitrogens is 2. The second kappa shape index (κ2) is 11.0. The largest absolute Gasteiger partial charge is 0.472 e. The second-order valence-corrected chi connectivity index (χ2v) is 8.56. The number of aliphatic hydroxyl groups excluding tert-OH is 1. The average Bonchev–Trinajstić information content (AvgIpc) is 2.82. The van der Waals surface area contributed by atoms with Crippen LogP contribution in [0.15, 0.2) is 42.9 Å². The smallest absolute Gasteiger partial charge is 0.259 e. The molecular formula is C25H32N4O4. The molecule has 0 unspecified atom stereocenters. The van der Waals surface area contributed by atoms with Crippen LogP contribution in [0.2, 0.25) is 0 Å². The number of allylic oxidation sites excluding steroid dienone is 1. The highest BCUT2D eigenvalue weighted by Crippen LogP contribution is 2.27. The third-order valence-electron chi connectivity index (χ3n) is 5.86. The van der Waals surface area contributed by atoms with Gasteiger partial charge in [-0.05, 0) is 37.1 Å². The molecule has 33 heavy (non-hydrogen) atoms. The van der Waals surface area contributed by atoms with Crippen molar-refractivity contribution in [1.29, 1.82) is 0 Å². The number of likely N-dealkylation sites (N-methyl/N-ethyl adjacent to an activating group) is 1. The summed E-state index contributed by atoms with van der Waals surface area (Å²) in [5.41, 5.74) is 1.99. The fourth-order valence-electron chi connectivity index (χ4n) is 3.80. The van der Waals surface area contributed by atoms with Crippen LogP contribution in [-0.4, -0.2) is 75.6 Å². The first-order valence-corrected chi connectivity index (χ1v) is 11.2. The van der Waals surface area contributed by atoms with Crippen molar-refractivity contribution in [1.82, 2.24) is 19.8 Å². The molecule has 0 bridgehead atoms. The highest BCUT2D eigenvalue weighted by Gasteiger charge is 2.34. The van der Waals surface area contributed by atoms with Gasteiger partial charge in [-0.15, -0.1) is 0 Å². The molecule has 3 rings (SSSR count). The predicted molar refractivity (Wildman–Crippen MR) is 126 cm³/mol. The van der Waals surface area contributed by atoms with Crippen LogP contribution in [0.5, 0.6) is 5.88 Å². The number of carbonyl (C=O) groups excluding carboxylic acids is 2. The predicted octanol–water partition coefficient (Wildman–Crippen LogP) is 2.43. The molecule has 1 N–H and O–H groups in total. The van der Waals surface area contributed by atoms with Crippen LogP contribution in [0.25, 0.3) is 6.08 Å². The molecule has 3 atom stereocenters. The van der Waals surface area contributed by atoms with Crippen LogP contribution in [0.3, 0.4) is 0 Å². The Bertz CT molecular complexity index is 995. The molecule has 0 fully saturated rings. The van der Waals surface area contributed by atoms with Crippen LogP contribution >= 0.6 is 0 Å². The van der Waals surface area contributed by atoms with E-state index in [1.807, 2.05) is 39.0 Å². The van der Waals surface area contributed by atoms with Crippen molar-refractivity contribution in [3.8, 4) is 5.88 Å². The molecule has 2 amide bonds. The van der Waals surface area contributed by atoms with Crippen molar-refractivity contribution in [2.24, 2.45) is 5.92 Å². The first-order chi connectivity index (χ1) is 15.8. The Morgan fingerprint density at radius 3 is 2.88 bits per heavy atom. The van der Waals surface area contributed by atoms with Gasteiger partial charge < -0.3 is 19.6 Å². The van der Waals surface area contributed by atoms with Crippen molar-refractivity contribution >= 4 is 17.9 Å². The van der Waals surface area contributed by atoms with Gasteiger partial charge >= 0.3 is 0 Å². The monoisotopic (exact) mass is 452 g/mol. The van der Waals surface area contributed by atoms with Crippen LogP contribution < -0.4 is 4.74 Å². The summed E-state index contributed by atoms with van der Waals surface area (Å²) in [5.74, 6) is -0.124. The molecule has 8 heteroatoms. The van der Waals surface area contributed by atoms with E-state index in [0.717, 1.165) is 11.1 Å². The van der Waals surface area contributed by atoms with Gasteiger partial charge in [0, 0.05) is 38.1 Å². The number of aliphatic hydroxyl groups is 1. The Morgan fingerprint density at radius 1 is 1.42 bits per heavy atom. The minimum Gasteiger partial charge on any atom is -0.472 e. The second-order valence-electron chi connectivity index (χ2n) is 8.56. The van der Waals surface area contributed by atoms with E-state index >= 15 is 0 Å². The Morgan fingerprint density at radius 2 is 2.21 bits per heavy atom. The summed E-state index contributed by atoms with van der Waals surface area (Å²) in [4.78, 5) is 37.9. The van der Waals surface area contributed by atoms with Gasteiger partial charge in [-0.3, -0.25) is 14.6 Å². The van der Waals surface area contributed by atoms with Gasteiger partial charge in [0.2, 0.25) is 11.8 Å². The zero-order valence-electron chi connectivity index (χ0n) is 19.6. The summed E-state index contributed by atoms with van der Waals surface area (Å²) >= 11 is 0. The van der Waals surface area contributed by atoms with E-state index in [9.17, 15) is 14.7 Å². The van der Waals surface area contributed by atoms with E-state index in [0.29, 0.717) is 18.7 Å². The van der Waals surface area contributed by atoms with Gasteiger partial charge in [0.05, 0.1) is 25.6 Å². The maximum atomic E-state index is 13.3. The molecule has 0 aromatic carbocycles. The lowest BCUT2D eigenvalue weighted by atomic mass is 9.99. The van der Waals surface area contributed by atoms with Gasteiger partial charge in [-0.2, -0.15) is 0 Å². The van der Waals surface area contributed by atoms with Gasteiger partial charge in [-0.25, -0.2) is 4.98 Å². The number of fused-ring (bicyclic) bond motifs is 1. The molecule has 0 radical (unpaired) electrons. The topological polar surface area (TPSA) is 95.9 Å². The minimum atomic E-state index is -0.381. The molecule has 0 spiro atoms. The number of ether oxygens (including phenoxy) is 1. The number of pyridine rings is 2. The van der Waals surface area contributed by atoms with E-state index in [1.165, 1.54) is 0 Å². The summed E-state index contributed by atoms with van der Waals surface area (Å²) in [6, 6.07) is 5.07. The molecule has 2 aromatic rings. The van der Waals surface area contributed by atoms with Gasteiger partial charge in [0.1, 0.15) is 11.7 Å². The normalized spacial score (nSPS) is 19.4. The lowest BCUT2D eigenvalue weighted by Crippen LogP contribution is -2.50. The van der Waals surface area contributed by atoms with Gasteiger partial charge in [0.15, 0.2) is 0 Å². The molecule has 8 nitrogen and oxygen atoms in total. The lowest BCUT2D eigenvalue weighted by molar-refractivity contribution is -0.130. The molecule has 176 valence electrons. The summed E-state index contributed by atoms with van der Waals surface area (Å²) < 4.78 is 6.23. The molecule has 0 saturated heterocycles. The molecular weight excluding hydrogens is 420 g/mol. The van der Waals surface area contributed by atoms with E-state index in [1.54, 1.807) is 47.6 Å². The number of rotatable bonds is 7. The molecule has 1 aliphatic rings. The Kier molecular flexibility index (Phi) is 8.16. The minimum absolute atomic E-state index is 0.0471. The van der Waals surface area contributed by atoms with Gasteiger partial charge in [0.25, 0.3) is 5.91 Å². The standard InChI is InChI=1S/C25H32N4O4/c1-5-7-19-10-21-24(27-13-19)33-22(17(2)14-29(25(21)32)18(3)16-30)15-28(4)23(31)11-20-8-6-9-26-12-20/h5-10,12-13,17-18,22,30H,11,14-16H2,1-4H3/b7-5+/t17-,18-,22+/m0/s1. The van der Waals surface area contributed by atoms with E-state index in [-0.39, 0.29) is 48.8 Å². The molecule has 2 aromatic heterocycles. The van der Waals surface area contributed by atoms with E-state index in [2.05, 4.69) is 9.97 Å². The zero-order valence-corrected chi connectivity index (χ0v) is 19.6. The van der Waals surface area contributed by atoms with Crippen molar-refractivity contribution in [2.75, 3.05) is 26.7 Å². The fourth-order valence-corrected chi connectivity index (χ4v) is 3.80. The van der Waals surface area contributed by atoms with Crippen molar-refractivity contribution in [3.05, 3.63) is 59.6 Å². The van der Waals surface area contributed by atoms with E-state index < -0.39 is 0 Å². The van der Waals surface area contributed by atoms with Crippen LogP contribution in [0, 0.1) is 5.92 Å². The summed E-state index contributed by atoms with van der Waals surface area (Å²) in [5, 5.41) is 9.75. The third-order valence-corrected chi connectivity index (χ3v) is 5.86. The van der Waals surface area contributed by atoms with Crippen molar-refractivity contribution in [2.45, 2.75) is 39.3 Å². The van der Waals surface area contributed by atoms with Crippen LogP contribution in [-0.2, 0) is 11.2 Å². The summed E-state index contributed by atoms with van der Waals surface area (Å²) in [7, 11) is 1.75. The quantitative estimate of drug-likeness (QED) is 0.693. The SMILES string of the molecule is C/C=C/c1cnc2c(c1)C(=O)N([C@@H](C)CO)C[C@H](C)[C@@H](CN(C)C(=O)Cc1cccnc1)O2. The number of nitrogens with zero attached hydrogens (tertiary/aromatic N) is 4. The summed E-state index contributed by atoms with van der Waals surface area (Å²) in [6.45, 7) is 6.27. The fraction of sp³-hybridized carbons (Fsp3) is 0.440. The molecule has 1 aliphatic heterocycles. The average molecular weight is 453 g/mol. The Balaban J connectivity index is 1.87. The number of hydrogen-bond donors (Lipinski definition) is 1. The first kappa shape index (κ1) is 24.4. The first-order valence-electron chi connectivity index (χ1n) is 11.2. The van der Waals surface area contributed by atoms with Crippen molar-refractivity contribution in [3.63, 3.8) is 0 Å². The third kappa shape index (κ3) is 5.96. The summed E-state index contributed by atoms with van der Waals surface area (Å²) in [6.07, 6.45) is 8.63. The van der Waals surface area contributed by atoms with Crippen LogP contribution in [0.1, 0.15) is 42.3 Å². The molecule has 0 saturated carbocycles. The number of amides is 2. The molecule has 3 heterocycles. The number of hydrogen-bond acceptors (Lipinski definition) is 6. The van der Waals surface area contributed by atoms with Gasteiger partial charge in [-0.1, -0.05) is 25.1 Å².